The van der Waals surface area contributed by atoms with Crippen LogP contribution in [0.15, 0.2) is 54.9 Å². The van der Waals surface area contributed by atoms with Gasteiger partial charge in [-0.25, -0.2) is 9.97 Å². The number of benzene rings is 2. The van der Waals surface area contributed by atoms with Gasteiger partial charge in [-0.1, -0.05) is 23.2 Å². The number of hydrogen-bond donors (Lipinski definition) is 0. The van der Waals surface area contributed by atoms with E-state index in [1.54, 1.807) is 29.4 Å². The zero-order valence-corrected chi connectivity index (χ0v) is 19.7. The van der Waals surface area contributed by atoms with Gasteiger partial charge in [0.1, 0.15) is 23.6 Å². The van der Waals surface area contributed by atoms with Crippen LogP contribution in [0, 0.1) is 0 Å². The average molecular weight is 487 g/mol. The monoisotopic (exact) mass is 486 g/mol. The molecule has 33 heavy (non-hydrogen) atoms. The molecule has 2 aromatic carbocycles. The molecule has 0 saturated carbocycles. The van der Waals surface area contributed by atoms with Gasteiger partial charge in [0.2, 0.25) is 0 Å². The van der Waals surface area contributed by atoms with Crippen molar-refractivity contribution in [3.05, 3.63) is 64.9 Å². The third-order valence-electron chi connectivity index (χ3n) is 5.32. The van der Waals surface area contributed by atoms with E-state index in [0.717, 1.165) is 22.8 Å². The maximum absolute atomic E-state index is 12.6. The van der Waals surface area contributed by atoms with Crippen LogP contribution in [0.1, 0.15) is 6.92 Å². The Morgan fingerprint density at radius 3 is 2.42 bits per heavy atom. The van der Waals surface area contributed by atoms with Crippen molar-refractivity contribution in [1.29, 1.82) is 0 Å². The molecular formula is C24H24Cl2N4O3. The highest BCUT2D eigenvalue weighted by Crippen LogP contribution is 2.28. The zero-order chi connectivity index (χ0) is 23.2. The number of carbonyl (C=O) groups excluding carboxylic acids is 1. The number of halogens is 2. The van der Waals surface area contributed by atoms with E-state index in [1.165, 1.54) is 0 Å². The van der Waals surface area contributed by atoms with E-state index in [9.17, 15) is 4.79 Å². The maximum atomic E-state index is 12.6. The molecule has 1 aliphatic rings. The van der Waals surface area contributed by atoms with Gasteiger partial charge in [-0.2, -0.15) is 0 Å². The molecule has 0 aliphatic carbocycles. The first kappa shape index (κ1) is 23.1. The van der Waals surface area contributed by atoms with Crippen LogP contribution in [0.4, 0.5) is 5.82 Å². The number of hydrogen-bond acceptors (Lipinski definition) is 6. The quantitative estimate of drug-likeness (QED) is 0.486. The van der Waals surface area contributed by atoms with E-state index in [2.05, 4.69) is 14.9 Å². The van der Waals surface area contributed by atoms with Gasteiger partial charge < -0.3 is 19.3 Å². The minimum absolute atomic E-state index is 0.0727. The summed E-state index contributed by atoms with van der Waals surface area (Å²) in [5.74, 6) is 2.03. The van der Waals surface area contributed by atoms with Crippen molar-refractivity contribution in [2.24, 2.45) is 0 Å². The fourth-order valence-electron chi connectivity index (χ4n) is 3.57. The average Bonchev–Trinajstić information content (AvgIpc) is 2.84. The number of piperazine rings is 1. The Labute approximate surface area is 202 Å². The van der Waals surface area contributed by atoms with Crippen molar-refractivity contribution >= 4 is 34.9 Å². The Morgan fingerprint density at radius 1 is 0.970 bits per heavy atom. The number of anilines is 1. The molecule has 2 heterocycles. The second-order valence-electron chi connectivity index (χ2n) is 7.45. The minimum Gasteiger partial charge on any atom is -0.494 e. The smallest absolute Gasteiger partial charge is 0.260 e. The lowest BCUT2D eigenvalue weighted by molar-refractivity contribution is -0.133. The normalized spacial score (nSPS) is 13.7. The molecule has 0 unspecified atom stereocenters. The molecule has 1 aromatic heterocycles. The predicted molar refractivity (Wildman–Crippen MR) is 129 cm³/mol. The molecule has 1 aliphatic heterocycles. The van der Waals surface area contributed by atoms with E-state index < -0.39 is 0 Å². The number of amides is 1. The SMILES string of the molecule is CCOc1ccc(-c2cc(N3CCN(C(=O)COc4ccc(Cl)cc4Cl)CC3)ncn2)cc1. The molecule has 172 valence electrons. The lowest BCUT2D eigenvalue weighted by Crippen LogP contribution is -2.50. The summed E-state index contributed by atoms with van der Waals surface area (Å²) in [7, 11) is 0. The van der Waals surface area contributed by atoms with Crippen LogP contribution in [0.3, 0.4) is 0 Å². The third kappa shape index (κ3) is 5.86. The van der Waals surface area contributed by atoms with Gasteiger partial charge in [0.15, 0.2) is 6.61 Å². The Kier molecular flexibility index (Phi) is 7.52. The molecule has 0 radical (unpaired) electrons. The van der Waals surface area contributed by atoms with E-state index >= 15 is 0 Å². The van der Waals surface area contributed by atoms with E-state index in [0.29, 0.717) is 48.6 Å². The first-order valence-electron chi connectivity index (χ1n) is 10.7. The molecule has 0 spiro atoms. The summed E-state index contributed by atoms with van der Waals surface area (Å²) in [5, 5.41) is 0.900. The van der Waals surface area contributed by atoms with Gasteiger partial charge in [0.25, 0.3) is 5.91 Å². The summed E-state index contributed by atoms with van der Waals surface area (Å²) in [4.78, 5) is 25.4. The second kappa shape index (κ2) is 10.7. The topological polar surface area (TPSA) is 67.8 Å². The maximum Gasteiger partial charge on any atom is 0.260 e. The van der Waals surface area contributed by atoms with Gasteiger partial charge in [0, 0.05) is 42.8 Å². The number of ether oxygens (including phenoxy) is 2. The molecule has 0 atom stereocenters. The Morgan fingerprint density at radius 2 is 1.73 bits per heavy atom. The second-order valence-corrected chi connectivity index (χ2v) is 8.29. The summed E-state index contributed by atoms with van der Waals surface area (Å²) in [5.41, 5.74) is 1.84. The fraction of sp³-hybridized carbons (Fsp3) is 0.292. The molecule has 0 N–H and O–H groups in total. The van der Waals surface area contributed by atoms with E-state index in [4.69, 9.17) is 32.7 Å². The van der Waals surface area contributed by atoms with Gasteiger partial charge in [-0.15, -0.1) is 0 Å². The lowest BCUT2D eigenvalue weighted by atomic mass is 10.1. The van der Waals surface area contributed by atoms with Gasteiger partial charge in [0.05, 0.1) is 17.3 Å². The molecule has 0 bridgehead atoms. The van der Waals surface area contributed by atoms with Crippen LogP contribution >= 0.6 is 23.2 Å². The Balaban J connectivity index is 1.33. The molecule has 1 saturated heterocycles. The summed E-state index contributed by atoms with van der Waals surface area (Å²) in [6.07, 6.45) is 1.57. The molecule has 3 aromatic rings. The summed E-state index contributed by atoms with van der Waals surface area (Å²) in [6.45, 7) is 5.03. The Bertz CT molecular complexity index is 1100. The molecular weight excluding hydrogens is 463 g/mol. The van der Waals surface area contributed by atoms with Gasteiger partial charge in [-0.3, -0.25) is 4.79 Å². The number of aromatic nitrogens is 2. The standard InChI is InChI=1S/C24H24Cl2N4O3/c1-2-32-19-6-3-17(4-7-19)21-14-23(28-16-27-21)29-9-11-30(12-10-29)24(31)15-33-22-8-5-18(25)13-20(22)26/h3-8,13-14,16H,2,9-12,15H2,1H3. The third-order valence-corrected chi connectivity index (χ3v) is 5.85. The molecule has 9 heteroatoms. The number of carbonyl (C=O) groups is 1. The minimum atomic E-state index is -0.0848. The van der Waals surface area contributed by atoms with Crippen LogP contribution < -0.4 is 14.4 Å². The van der Waals surface area contributed by atoms with Crippen molar-refractivity contribution in [2.45, 2.75) is 6.92 Å². The number of rotatable bonds is 7. The highest BCUT2D eigenvalue weighted by atomic mass is 35.5. The van der Waals surface area contributed by atoms with E-state index in [-0.39, 0.29) is 12.5 Å². The Hall–Kier alpha value is -3.03. The van der Waals surface area contributed by atoms with Crippen molar-refractivity contribution < 1.29 is 14.3 Å². The molecule has 4 rings (SSSR count). The highest BCUT2D eigenvalue weighted by molar-refractivity contribution is 6.35. The van der Waals surface area contributed by atoms with Crippen molar-refractivity contribution in [2.75, 3.05) is 44.3 Å². The zero-order valence-electron chi connectivity index (χ0n) is 18.2. The van der Waals surface area contributed by atoms with Gasteiger partial charge in [-0.05, 0) is 49.4 Å². The van der Waals surface area contributed by atoms with Crippen LogP contribution in [0.5, 0.6) is 11.5 Å². The largest absolute Gasteiger partial charge is 0.494 e. The molecule has 7 nitrogen and oxygen atoms in total. The highest BCUT2D eigenvalue weighted by Gasteiger charge is 2.23. The van der Waals surface area contributed by atoms with E-state index in [1.807, 2.05) is 37.3 Å². The van der Waals surface area contributed by atoms with Gasteiger partial charge >= 0.3 is 0 Å². The summed E-state index contributed by atoms with van der Waals surface area (Å²) >= 11 is 12.0. The first-order chi connectivity index (χ1) is 16.0. The van der Waals surface area contributed by atoms with Crippen molar-refractivity contribution in [3.8, 4) is 22.8 Å². The van der Waals surface area contributed by atoms with Crippen molar-refractivity contribution in [1.82, 2.24) is 14.9 Å². The number of nitrogens with zero attached hydrogens (tertiary/aromatic N) is 4. The fourth-order valence-corrected chi connectivity index (χ4v) is 4.04. The first-order valence-corrected chi connectivity index (χ1v) is 11.4. The van der Waals surface area contributed by atoms with Crippen molar-refractivity contribution in [3.63, 3.8) is 0 Å². The van der Waals surface area contributed by atoms with Crippen LogP contribution in [0.2, 0.25) is 10.0 Å². The van der Waals surface area contributed by atoms with Crippen LogP contribution in [0.25, 0.3) is 11.3 Å². The summed E-state index contributed by atoms with van der Waals surface area (Å²) in [6, 6.07) is 14.7. The van der Waals surface area contributed by atoms with Crippen LogP contribution in [-0.4, -0.2) is 60.2 Å². The summed E-state index contributed by atoms with van der Waals surface area (Å²) < 4.78 is 11.1. The predicted octanol–water partition coefficient (Wildman–Crippen LogP) is 4.58. The van der Waals surface area contributed by atoms with Crippen LogP contribution in [-0.2, 0) is 4.79 Å². The molecule has 1 fully saturated rings. The lowest BCUT2D eigenvalue weighted by Gasteiger charge is -2.35. The molecule has 1 amide bonds.